The second-order valence-electron chi connectivity index (χ2n) is 5.16. The number of ether oxygens (including phenoxy) is 1. The molecule has 0 radical (unpaired) electrons. The Bertz CT molecular complexity index is 513. The van der Waals surface area contributed by atoms with E-state index in [1.807, 2.05) is 6.92 Å². The van der Waals surface area contributed by atoms with E-state index in [0.29, 0.717) is 24.1 Å². The van der Waals surface area contributed by atoms with Crippen LogP contribution in [0.4, 0.5) is 9.80 Å². The number of nitrogens with zero attached hydrogens (tertiary/aromatic N) is 1. The van der Waals surface area contributed by atoms with Crippen molar-refractivity contribution in [1.29, 1.82) is 0 Å². The number of carbonyl (C=O) groups is 2. The molecule has 116 valence electrons. The van der Waals surface area contributed by atoms with Crippen LogP contribution in [0.3, 0.4) is 0 Å². The van der Waals surface area contributed by atoms with Gasteiger partial charge in [0.2, 0.25) is 0 Å². The van der Waals surface area contributed by atoms with Gasteiger partial charge in [-0.15, -0.1) is 11.3 Å². The number of anilines is 1. The standard InChI is InChI=1S/C14H20N2O4S/c1-9(10-3-4-10)16(6-7-20-2)14(19)15-12-11(13(17)18)5-8-21-12/h5,8-10H,3-4,6-7H2,1-2H3,(H,15,19)(H,17,18). The largest absolute Gasteiger partial charge is 0.478 e. The van der Waals surface area contributed by atoms with Crippen LogP contribution in [0.25, 0.3) is 0 Å². The van der Waals surface area contributed by atoms with E-state index in [-0.39, 0.29) is 17.6 Å². The average molecular weight is 312 g/mol. The van der Waals surface area contributed by atoms with Gasteiger partial charge in [0, 0.05) is 19.7 Å². The summed E-state index contributed by atoms with van der Waals surface area (Å²) in [6, 6.07) is 1.36. The number of thiophene rings is 1. The molecule has 1 heterocycles. The van der Waals surface area contributed by atoms with E-state index in [1.165, 1.54) is 17.4 Å². The van der Waals surface area contributed by atoms with Crippen molar-refractivity contribution in [2.24, 2.45) is 5.92 Å². The van der Waals surface area contributed by atoms with Gasteiger partial charge in [-0.25, -0.2) is 9.59 Å². The maximum absolute atomic E-state index is 12.4. The van der Waals surface area contributed by atoms with Crippen molar-refractivity contribution >= 4 is 28.3 Å². The molecular weight excluding hydrogens is 292 g/mol. The van der Waals surface area contributed by atoms with Crippen LogP contribution in [0.15, 0.2) is 11.4 Å². The lowest BCUT2D eigenvalue weighted by atomic mass is 10.2. The third-order valence-corrected chi connectivity index (χ3v) is 4.54. The number of urea groups is 1. The normalized spacial score (nSPS) is 15.5. The number of rotatable bonds is 7. The highest BCUT2D eigenvalue weighted by molar-refractivity contribution is 7.14. The minimum Gasteiger partial charge on any atom is -0.478 e. The summed E-state index contributed by atoms with van der Waals surface area (Å²) < 4.78 is 5.06. The van der Waals surface area contributed by atoms with Crippen LogP contribution in [0, 0.1) is 5.92 Å². The number of aromatic carboxylic acids is 1. The highest BCUT2D eigenvalue weighted by Gasteiger charge is 2.34. The highest BCUT2D eigenvalue weighted by Crippen LogP contribution is 2.35. The Morgan fingerprint density at radius 2 is 2.29 bits per heavy atom. The first-order valence-corrected chi connectivity index (χ1v) is 7.80. The zero-order valence-corrected chi connectivity index (χ0v) is 13.0. The third kappa shape index (κ3) is 3.95. The molecule has 1 saturated carbocycles. The molecule has 1 aliphatic rings. The second kappa shape index (κ2) is 6.91. The van der Waals surface area contributed by atoms with Crippen molar-refractivity contribution in [1.82, 2.24) is 4.90 Å². The Kier molecular flexibility index (Phi) is 5.19. The van der Waals surface area contributed by atoms with Gasteiger partial charge in [-0.3, -0.25) is 5.32 Å². The lowest BCUT2D eigenvalue weighted by Gasteiger charge is -2.29. The minimum atomic E-state index is -1.04. The second-order valence-corrected chi connectivity index (χ2v) is 6.08. The van der Waals surface area contributed by atoms with E-state index in [1.54, 1.807) is 17.4 Å². The Morgan fingerprint density at radius 3 is 2.86 bits per heavy atom. The molecule has 0 aromatic carbocycles. The summed E-state index contributed by atoms with van der Waals surface area (Å²) in [5, 5.41) is 13.8. The Labute approximate surface area is 127 Å². The third-order valence-electron chi connectivity index (χ3n) is 3.71. The first kappa shape index (κ1) is 15.8. The summed E-state index contributed by atoms with van der Waals surface area (Å²) in [7, 11) is 1.60. The first-order valence-electron chi connectivity index (χ1n) is 6.92. The maximum Gasteiger partial charge on any atom is 0.338 e. The molecule has 1 aromatic rings. The zero-order valence-electron chi connectivity index (χ0n) is 12.2. The van der Waals surface area contributed by atoms with Gasteiger partial charge in [-0.2, -0.15) is 0 Å². The Morgan fingerprint density at radius 1 is 1.57 bits per heavy atom. The van der Waals surface area contributed by atoms with E-state index in [2.05, 4.69) is 5.32 Å². The van der Waals surface area contributed by atoms with Crippen molar-refractivity contribution in [3.8, 4) is 0 Å². The summed E-state index contributed by atoms with van der Waals surface area (Å²) in [6.07, 6.45) is 2.27. The van der Waals surface area contributed by atoms with E-state index in [9.17, 15) is 9.59 Å². The van der Waals surface area contributed by atoms with E-state index in [4.69, 9.17) is 9.84 Å². The molecule has 6 nitrogen and oxygen atoms in total. The Balaban J connectivity index is 2.06. The first-order chi connectivity index (χ1) is 10.0. The van der Waals surface area contributed by atoms with Gasteiger partial charge >= 0.3 is 12.0 Å². The zero-order chi connectivity index (χ0) is 15.4. The highest BCUT2D eigenvalue weighted by atomic mass is 32.1. The molecule has 0 saturated heterocycles. The molecule has 1 atom stereocenters. The lowest BCUT2D eigenvalue weighted by molar-refractivity contribution is 0.0698. The monoisotopic (exact) mass is 312 g/mol. The summed E-state index contributed by atoms with van der Waals surface area (Å²) in [6.45, 7) is 2.98. The number of hydrogen-bond acceptors (Lipinski definition) is 4. The summed E-state index contributed by atoms with van der Waals surface area (Å²) in [4.78, 5) is 25.2. The maximum atomic E-state index is 12.4. The molecule has 2 amide bonds. The van der Waals surface area contributed by atoms with Crippen molar-refractivity contribution in [2.45, 2.75) is 25.8 Å². The van der Waals surface area contributed by atoms with Gasteiger partial charge < -0.3 is 14.7 Å². The van der Waals surface area contributed by atoms with E-state index < -0.39 is 5.97 Å². The fraction of sp³-hybridized carbons (Fsp3) is 0.571. The topological polar surface area (TPSA) is 78.9 Å². The molecule has 21 heavy (non-hydrogen) atoms. The van der Waals surface area contributed by atoms with Crippen LogP contribution in [0.2, 0.25) is 0 Å². The molecule has 2 rings (SSSR count). The summed E-state index contributed by atoms with van der Waals surface area (Å²) in [5.41, 5.74) is 0.124. The van der Waals surface area contributed by atoms with Gasteiger partial charge in [0.15, 0.2) is 0 Å². The van der Waals surface area contributed by atoms with Gasteiger partial charge in [0.25, 0.3) is 0 Å². The fourth-order valence-corrected chi connectivity index (χ4v) is 3.03. The predicted octanol–water partition coefficient (Wildman–Crippen LogP) is 2.73. The van der Waals surface area contributed by atoms with Crippen LogP contribution in [0.5, 0.6) is 0 Å². The number of carboxylic acids is 1. The van der Waals surface area contributed by atoms with Crippen molar-refractivity contribution < 1.29 is 19.4 Å². The van der Waals surface area contributed by atoms with Crippen LogP contribution < -0.4 is 5.32 Å². The molecule has 2 N–H and O–H groups in total. The molecule has 0 spiro atoms. The number of hydrogen-bond donors (Lipinski definition) is 2. The predicted molar refractivity (Wildman–Crippen MR) is 81.1 cm³/mol. The summed E-state index contributed by atoms with van der Waals surface area (Å²) >= 11 is 1.21. The van der Waals surface area contributed by atoms with Crippen molar-refractivity contribution in [2.75, 3.05) is 25.6 Å². The molecule has 1 fully saturated rings. The number of amides is 2. The van der Waals surface area contributed by atoms with Gasteiger partial charge in [-0.1, -0.05) is 0 Å². The molecular formula is C14H20N2O4S. The number of carboxylic acid groups (broad SMARTS) is 1. The fourth-order valence-electron chi connectivity index (χ4n) is 2.26. The van der Waals surface area contributed by atoms with E-state index in [0.717, 1.165) is 12.8 Å². The average Bonchev–Trinajstić information content (AvgIpc) is 3.19. The SMILES string of the molecule is COCCN(C(=O)Nc1sccc1C(=O)O)C(C)C1CC1. The molecule has 0 bridgehead atoms. The molecule has 1 unspecified atom stereocenters. The quantitative estimate of drug-likeness (QED) is 0.811. The lowest BCUT2D eigenvalue weighted by Crippen LogP contribution is -2.44. The molecule has 1 aliphatic carbocycles. The van der Waals surface area contributed by atoms with Crippen LogP contribution in [0.1, 0.15) is 30.1 Å². The molecule has 1 aromatic heterocycles. The number of nitrogens with one attached hydrogen (secondary N) is 1. The van der Waals surface area contributed by atoms with Crippen LogP contribution in [-0.2, 0) is 4.74 Å². The van der Waals surface area contributed by atoms with E-state index >= 15 is 0 Å². The van der Waals surface area contributed by atoms with Crippen LogP contribution in [-0.4, -0.2) is 48.3 Å². The minimum absolute atomic E-state index is 0.124. The Hall–Kier alpha value is -1.60. The van der Waals surface area contributed by atoms with Gasteiger partial charge in [-0.05, 0) is 37.1 Å². The van der Waals surface area contributed by atoms with Crippen molar-refractivity contribution in [3.63, 3.8) is 0 Å². The van der Waals surface area contributed by atoms with Gasteiger partial charge in [0.1, 0.15) is 5.00 Å². The summed E-state index contributed by atoms with van der Waals surface area (Å²) in [5.74, 6) is -0.500. The molecule has 0 aliphatic heterocycles. The number of methoxy groups -OCH3 is 1. The smallest absolute Gasteiger partial charge is 0.338 e. The van der Waals surface area contributed by atoms with Gasteiger partial charge in [0.05, 0.1) is 12.2 Å². The van der Waals surface area contributed by atoms with Crippen molar-refractivity contribution in [3.05, 3.63) is 17.0 Å². The van der Waals surface area contributed by atoms with Crippen LogP contribution >= 0.6 is 11.3 Å². The number of carbonyl (C=O) groups excluding carboxylic acids is 1. The molecule has 7 heteroatoms.